The van der Waals surface area contributed by atoms with Crippen molar-refractivity contribution in [3.8, 4) is 0 Å². The maximum absolute atomic E-state index is 12.4. The first kappa shape index (κ1) is 15.5. The van der Waals surface area contributed by atoms with Gasteiger partial charge in [-0.1, -0.05) is 19.0 Å². The van der Waals surface area contributed by atoms with E-state index in [1.807, 2.05) is 18.7 Å². The van der Waals surface area contributed by atoms with E-state index in [1.54, 1.807) is 0 Å². The van der Waals surface area contributed by atoms with Gasteiger partial charge in [0.05, 0.1) is 12.5 Å². The van der Waals surface area contributed by atoms with E-state index in [2.05, 4.69) is 10.1 Å². The van der Waals surface area contributed by atoms with E-state index in [1.165, 1.54) is 0 Å². The van der Waals surface area contributed by atoms with Crippen molar-refractivity contribution in [2.75, 3.05) is 19.7 Å². The Morgan fingerprint density at radius 3 is 2.91 bits per heavy atom. The average molecular weight is 307 g/mol. The third kappa shape index (κ3) is 3.48. The predicted molar refractivity (Wildman–Crippen MR) is 80.5 cm³/mol. The van der Waals surface area contributed by atoms with Gasteiger partial charge in [-0.3, -0.25) is 4.79 Å². The molecule has 2 fully saturated rings. The summed E-state index contributed by atoms with van der Waals surface area (Å²) >= 11 is 0. The van der Waals surface area contributed by atoms with Crippen LogP contribution in [0.1, 0.15) is 69.5 Å². The van der Waals surface area contributed by atoms with Gasteiger partial charge in [0.1, 0.15) is 0 Å². The Balaban J connectivity index is 1.59. The molecule has 3 rings (SSSR count). The summed E-state index contributed by atoms with van der Waals surface area (Å²) in [6.07, 6.45) is 4.71. The molecule has 6 nitrogen and oxygen atoms in total. The van der Waals surface area contributed by atoms with Crippen LogP contribution in [-0.2, 0) is 9.53 Å². The molecule has 3 heterocycles. The topological polar surface area (TPSA) is 68.5 Å². The highest BCUT2D eigenvalue weighted by Crippen LogP contribution is 2.27. The first-order chi connectivity index (χ1) is 10.6. The van der Waals surface area contributed by atoms with Gasteiger partial charge in [0.15, 0.2) is 5.82 Å². The molecule has 0 unspecified atom stereocenters. The summed E-state index contributed by atoms with van der Waals surface area (Å²) in [7, 11) is 0. The normalized spacial score (nSPS) is 25.9. The summed E-state index contributed by atoms with van der Waals surface area (Å²) in [5, 5.41) is 4.11. The van der Waals surface area contributed by atoms with Crippen molar-refractivity contribution in [3.05, 3.63) is 11.7 Å². The van der Waals surface area contributed by atoms with Crippen LogP contribution in [0.3, 0.4) is 0 Å². The first-order valence-corrected chi connectivity index (χ1v) is 8.36. The van der Waals surface area contributed by atoms with E-state index in [0.717, 1.165) is 44.7 Å². The number of aromatic nitrogens is 2. The molecule has 22 heavy (non-hydrogen) atoms. The van der Waals surface area contributed by atoms with Crippen molar-refractivity contribution in [2.24, 2.45) is 0 Å². The van der Waals surface area contributed by atoms with E-state index < -0.39 is 0 Å². The third-order valence-corrected chi connectivity index (χ3v) is 4.52. The smallest absolute Gasteiger partial charge is 0.229 e. The Morgan fingerprint density at radius 2 is 2.23 bits per heavy atom. The van der Waals surface area contributed by atoms with Crippen LogP contribution < -0.4 is 0 Å². The van der Waals surface area contributed by atoms with Gasteiger partial charge in [0, 0.05) is 31.5 Å². The van der Waals surface area contributed by atoms with Gasteiger partial charge in [-0.25, -0.2) is 0 Å². The Hall–Kier alpha value is -1.43. The van der Waals surface area contributed by atoms with Crippen molar-refractivity contribution in [1.82, 2.24) is 15.0 Å². The lowest BCUT2D eigenvalue weighted by molar-refractivity contribution is -0.134. The number of carbonyl (C=O) groups is 1. The van der Waals surface area contributed by atoms with Gasteiger partial charge in [0.25, 0.3) is 0 Å². The molecule has 122 valence electrons. The van der Waals surface area contributed by atoms with Crippen LogP contribution in [0.15, 0.2) is 4.52 Å². The number of hydrogen-bond donors (Lipinski definition) is 0. The van der Waals surface area contributed by atoms with E-state index in [4.69, 9.17) is 9.26 Å². The summed E-state index contributed by atoms with van der Waals surface area (Å²) in [4.78, 5) is 18.9. The highest BCUT2D eigenvalue weighted by Gasteiger charge is 2.30. The molecule has 2 atom stereocenters. The van der Waals surface area contributed by atoms with Gasteiger partial charge < -0.3 is 14.2 Å². The second-order valence-electron chi connectivity index (χ2n) is 6.66. The van der Waals surface area contributed by atoms with Crippen LogP contribution in [0.2, 0.25) is 0 Å². The number of likely N-dealkylation sites (tertiary alicyclic amines) is 1. The number of amides is 1. The molecule has 2 aliphatic heterocycles. The molecule has 2 aliphatic rings. The second kappa shape index (κ2) is 6.77. The van der Waals surface area contributed by atoms with E-state index in [0.29, 0.717) is 18.9 Å². The monoisotopic (exact) mass is 307 g/mol. The van der Waals surface area contributed by atoms with Crippen molar-refractivity contribution in [2.45, 2.75) is 63.9 Å². The lowest BCUT2D eigenvalue weighted by atomic mass is 9.96. The number of nitrogens with zero attached hydrogens (tertiary/aromatic N) is 3. The minimum atomic E-state index is 0.116. The quantitative estimate of drug-likeness (QED) is 0.854. The van der Waals surface area contributed by atoms with Crippen LogP contribution in [-0.4, -0.2) is 46.7 Å². The molecule has 0 bridgehead atoms. The molecule has 0 aliphatic carbocycles. The molecular formula is C16H25N3O3. The molecule has 1 aromatic heterocycles. The highest BCUT2D eigenvalue weighted by molar-refractivity contribution is 5.76. The molecule has 2 saturated heterocycles. The Morgan fingerprint density at radius 1 is 1.36 bits per heavy atom. The fourth-order valence-corrected chi connectivity index (χ4v) is 3.19. The molecule has 0 saturated carbocycles. The summed E-state index contributed by atoms with van der Waals surface area (Å²) in [5.41, 5.74) is 0. The van der Waals surface area contributed by atoms with Crippen molar-refractivity contribution >= 4 is 5.91 Å². The number of carbonyl (C=O) groups excluding carboxylic acids is 1. The predicted octanol–water partition coefficient (Wildman–Crippen LogP) is 2.47. The van der Waals surface area contributed by atoms with Crippen LogP contribution in [0.5, 0.6) is 0 Å². The zero-order valence-electron chi connectivity index (χ0n) is 13.5. The van der Waals surface area contributed by atoms with E-state index in [9.17, 15) is 4.79 Å². The Bertz CT molecular complexity index is 508. The van der Waals surface area contributed by atoms with Crippen LogP contribution in [0.4, 0.5) is 0 Å². The SMILES string of the molecule is CC(C)c1nc([C@@H]2CCCN(C(=O)C[C@H]3CCCO3)C2)no1. The van der Waals surface area contributed by atoms with Gasteiger partial charge in [-0.05, 0) is 25.7 Å². The number of rotatable bonds is 4. The molecule has 1 aromatic rings. The van der Waals surface area contributed by atoms with Crippen molar-refractivity contribution in [1.29, 1.82) is 0 Å². The van der Waals surface area contributed by atoms with E-state index >= 15 is 0 Å². The first-order valence-electron chi connectivity index (χ1n) is 8.36. The molecule has 0 radical (unpaired) electrons. The lowest BCUT2D eigenvalue weighted by Gasteiger charge is -2.32. The van der Waals surface area contributed by atoms with Crippen LogP contribution in [0.25, 0.3) is 0 Å². The van der Waals surface area contributed by atoms with Gasteiger partial charge in [-0.2, -0.15) is 4.98 Å². The van der Waals surface area contributed by atoms with Crippen molar-refractivity contribution < 1.29 is 14.1 Å². The number of hydrogen-bond acceptors (Lipinski definition) is 5. The highest BCUT2D eigenvalue weighted by atomic mass is 16.5. The minimum Gasteiger partial charge on any atom is -0.378 e. The second-order valence-corrected chi connectivity index (χ2v) is 6.66. The number of piperidine rings is 1. The summed E-state index contributed by atoms with van der Waals surface area (Å²) in [6, 6.07) is 0. The Labute approximate surface area is 131 Å². The zero-order valence-corrected chi connectivity index (χ0v) is 13.5. The average Bonchev–Trinajstić information content (AvgIpc) is 3.18. The molecular weight excluding hydrogens is 282 g/mol. The van der Waals surface area contributed by atoms with E-state index in [-0.39, 0.29) is 23.8 Å². The van der Waals surface area contributed by atoms with Crippen LogP contribution >= 0.6 is 0 Å². The fraction of sp³-hybridized carbons (Fsp3) is 0.812. The largest absolute Gasteiger partial charge is 0.378 e. The Kier molecular flexibility index (Phi) is 4.76. The molecule has 1 amide bonds. The summed E-state index contributed by atoms with van der Waals surface area (Å²) in [6.45, 7) is 6.40. The minimum absolute atomic E-state index is 0.116. The molecule has 6 heteroatoms. The van der Waals surface area contributed by atoms with Crippen LogP contribution in [0, 0.1) is 0 Å². The van der Waals surface area contributed by atoms with Gasteiger partial charge in [0.2, 0.25) is 11.8 Å². The third-order valence-electron chi connectivity index (χ3n) is 4.52. The maximum Gasteiger partial charge on any atom is 0.229 e. The maximum atomic E-state index is 12.4. The molecule has 0 aromatic carbocycles. The molecule has 0 N–H and O–H groups in total. The van der Waals surface area contributed by atoms with Crippen molar-refractivity contribution in [3.63, 3.8) is 0 Å². The molecule has 0 spiro atoms. The summed E-state index contributed by atoms with van der Waals surface area (Å²) < 4.78 is 10.9. The standard InChI is InChI=1S/C16H25N3O3/c1-11(2)16-17-15(18-22-16)12-5-3-7-19(10-12)14(20)9-13-6-4-8-21-13/h11-13H,3-10H2,1-2H3/t12-,13-/m1/s1. The summed E-state index contributed by atoms with van der Waals surface area (Å²) in [5.74, 6) is 2.06. The zero-order chi connectivity index (χ0) is 15.5. The lowest BCUT2D eigenvalue weighted by Crippen LogP contribution is -2.40. The van der Waals surface area contributed by atoms with Gasteiger partial charge in [-0.15, -0.1) is 0 Å². The fourth-order valence-electron chi connectivity index (χ4n) is 3.19. The van der Waals surface area contributed by atoms with Gasteiger partial charge >= 0.3 is 0 Å². The number of ether oxygens (including phenoxy) is 1.